The summed E-state index contributed by atoms with van der Waals surface area (Å²) in [4.78, 5) is 22.6. The Kier molecular flexibility index (Phi) is 8.31. The molecule has 2 amide bonds. The van der Waals surface area contributed by atoms with Crippen molar-refractivity contribution in [2.45, 2.75) is 33.4 Å². The van der Waals surface area contributed by atoms with Gasteiger partial charge in [0.05, 0.1) is 19.6 Å². The van der Waals surface area contributed by atoms with E-state index in [2.05, 4.69) is 15.7 Å². The number of benzene rings is 4. The number of nitrogens with one attached hydrogen (secondary N) is 2. The lowest BCUT2D eigenvalue weighted by atomic mass is 10.3. The quantitative estimate of drug-likeness (QED) is 0.161. The van der Waals surface area contributed by atoms with Crippen LogP contribution in [0.1, 0.15) is 13.8 Å². The maximum Gasteiger partial charge on any atom is 0.244 e. The average molecular weight is 593 g/mol. The van der Waals surface area contributed by atoms with Crippen LogP contribution in [0, 0.1) is 5.21 Å². The molecule has 0 heterocycles. The number of azo groups is 1. The Labute approximate surface area is 236 Å². The Morgan fingerprint density at radius 1 is 0.585 bits per heavy atom. The van der Waals surface area contributed by atoms with Crippen molar-refractivity contribution in [3.05, 3.63) is 102 Å². The van der Waals surface area contributed by atoms with E-state index in [1.54, 1.807) is 0 Å². The summed E-state index contributed by atoms with van der Waals surface area (Å²) in [5.74, 6) is -0.559. The van der Waals surface area contributed by atoms with E-state index in [0.717, 1.165) is 0 Å². The second-order valence-electron chi connectivity index (χ2n) is 8.78. The number of rotatable bonds is 8. The van der Waals surface area contributed by atoms with E-state index < -0.39 is 19.7 Å². The zero-order chi connectivity index (χ0) is 29.8. The lowest BCUT2D eigenvalue weighted by molar-refractivity contribution is -0.435. The van der Waals surface area contributed by atoms with Crippen LogP contribution in [0.5, 0.6) is 0 Å². The molecule has 0 saturated carbocycles. The van der Waals surface area contributed by atoms with Crippen molar-refractivity contribution in [3.63, 3.8) is 0 Å². The van der Waals surface area contributed by atoms with E-state index in [1.807, 2.05) is 0 Å². The molecule has 4 aromatic carbocycles. The first-order valence-electron chi connectivity index (χ1n) is 12.0. The third kappa shape index (κ3) is 6.83. The van der Waals surface area contributed by atoms with Crippen LogP contribution in [0.4, 0.5) is 22.7 Å². The summed E-state index contributed by atoms with van der Waals surface area (Å²) in [6.07, 6.45) is 0. The van der Waals surface area contributed by atoms with Crippen LogP contribution < -0.4 is 10.6 Å². The van der Waals surface area contributed by atoms with Gasteiger partial charge in [-0.15, -0.1) is 0 Å². The van der Waals surface area contributed by atoms with Crippen molar-refractivity contribution in [1.29, 1.82) is 0 Å². The van der Waals surface area contributed by atoms with Gasteiger partial charge in [-0.3, -0.25) is 9.59 Å². The van der Waals surface area contributed by atoms with Crippen molar-refractivity contribution in [2.75, 3.05) is 10.6 Å². The minimum atomic E-state index is -3.87. The maximum absolute atomic E-state index is 12.9. The molecule has 0 aliphatic rings. The second kappa shape index (κ2) is 11.7. The molecule has 210 valence electrons. The molecule has 13 heteroatoms. The molecule has 4 rings (SSSR count). The van der Waals surface area contributed by atoms with Crippen LogP contribution in [0.25, 0.3) is 0 Å². The number of amides is 2. The summed E-state index contributed by atoms with van der Waals surface area (Å²) < 4.78 is 51.8. The molecule has 0 bridgehead atoms. The van der Waals surface area contributed by atoms with Gasteiger partial charge in [0, 0.05) is 42.5 Å². The highest BCUT2D eigenvalue weighted by atomic mass is 32.2. The van der Waals surface area contributed by atoms with Crippen molar-refractivity contribution in [1.82, 2.24) is 0 Å². The highest BCUT2D eigenvalue weighted by Gasteiger charge is 2.20. The molecule has 0 spiro atoms. The van der Waals surface area contributed by atoms with E-state index in [4.69, 9.17) is 0 Å². The first-order valence-corrected chi connectivity index (χ1v) is 15.0. The fourth-order valence-corrected chi connectivity index (χ4v) is 6.24. The third-order valence-corrected chi connectivity index (χ3v) is 9.26. The van der Waals surface area contributed by atoms with Crippen molar-refractivity contribution in [2.24, 2.45) is 5.11 Å². The third-order valence-electron chi connectivity index (χ3n) is 5.69. The lowest BCUT2D eigenvalue weighted by Gasteiger charge is -2.07. The Bertz CT molecular complexity index is 1830. The van der Waals surface area contributed by atoms with Crippen molar-refractivity contribution in [3.8, 4) is 0 Å². The highest BCUT2D eigenvalue weighted by molar-refractivity contribution is 7.91. The molecule has 0 aliphatic carbocycles. The minimum Gasteiger partial charge on any atom is -0.594 e. The van der Waals surface area contributed by atoms with Crippen LogP contribution in [0.15, 0.2) is 122 Å². The topological polar surface area (TPSA) is 165 Å². The Hall–Kier alpha value is -4.88. The van der Waals surface area contributed by atoms with Crippen LogP contribution in [0.3, 0.4) is 0 Å². The summed E-state index contributed by atoms with van der Waals surface area (Å²) in [5.41, 5.74) is 1.15. The molecule has 0 aromatic heterocycles. The van der Waals surface area contributed by atoms with E-state index in [1.165, 1.54) is 111 Å². The van der Waals surface area contributed by atoms with Gasteiger partial charge in [0.2, 0.25) is 37.2 Å². The summed E-state index contributed by atoms with van der Waals surface area (Å²) >= 11 is 0. The maximum atomic E-state index is 12.9. The molecule has 0 aliphatic heterocycles. The van der Waals surface area contributed by atoms with E-state index in [9.17, 15) is 31.6 Å². The predicted octanol–water partition coefficient (Wildman–Crippen LogP) is 5.19. The van der Waals surface area contributed by atoms with Crippen LogP contribution in [-0.2, 0) is 29.3 Å². The van der Waals surface area contributed by atoms with Crippen LogP contribution in [0.2, 0.25) is 0 Å². The van der Waals surface area contributed by atoms with E-state index in [-0.39, 0.29) is 42.8 Å². The molecule has 0 fully saturated rings. The highest BCUT2D eigenvalue weighted by Crippen LogP contribution is 2.27. The first kappa shape index (κ1) is 29.1. The average Bonchev–Trinajstić information content (AvgIpc) is 2.93. The molecule has 11 nitrogen and oxygen atoms in total. The number of hydrogen-bond donors (Lipinski definition) is 2. The zero-order valence-electron chi connectivity index (χ0n) is 21.8. The fourth-order valence-electron chi connectivity index (χ4n) is 3.72. The van der Waals surface area contributed by atoms with E-state index in [0.29, 0.717) is 16.2 Å². The summed E-state index contributed by atoms with van der Waals surface area (Å²) in [6, 6.07) is 21.9. The van der Waals surface area contributed by atoms with Crippen LogP contribution >= 0.6 is 0 Å². The Morgan fingerprint density at radius 3 is 1.24 bits per heavy atom. The van der Waals surface area contributed by atoms with Crippen molar-refractivity contribution >= 4 is 54.2 Å². The molecular weight excluding hydrogens is 568 g/mol. The van der Waals surface area contributed by atoms with E-state index >= 15 is 0 Å². The second-order valence-corrected chi connectivity index (χ2v) is 12.7. The predicted molar refractivity (Wildman–Crippen MR) is 151 cm³/mol. The normalized spacial score (nSPS) is 12.0. The molecule has 0 unspecified atom stereocenters. The van der Waals surface area contributed by atoms with Gasteiger partial charge >= 0.3 is 0 Å². The van der Waals surface area contributed by atoms with Gasteiger partial charge in [0.1, 0.15) is 5.69 Å². The van der Waals surface area contributed by atoms with Crippen molar-refractivity contribution < 1.29 is 31.3 Å². The smallest absolute Gasteiger partial charge is 0.244 e. The largest absolute Gasteiger partial charge is 0.594 e. The van der Waals surface area contributed by atoms with Gasteiger partial charge < -0.3 is 15.8 Å². The number of nitrogens with zero attached hydrogens (tertiary/aromatic N) is 2. The van der Waals surface area contributed by atoms with Gasteiger partial charge in [-0.25, -0.2) is 16.8 Å². The first-order chi connectivity index (χ1) is 19.4. The number of anilines is 2. The monoisotopic (exact) mass is 592 g/mol. The lowest BCUT2D eigenvalue weighted by Crippen LogP contribution is -2.06. The van der Waals surface area contributed by atoms with Crippen LogP contribution in [-0.4, -0.2) is 33.5 Å². The number of carbonyl (C=O) groups is 2. The fraction of sp³-hybridized carbons (Fsp3) is 0.0714. The molecular formula is C28H24N4O7S2. The van der Waals surface area contributed by atoms with Gasteiger partial charge in [-0.2, -0.15) is 0 Å². The molecule has 0 radical (unpaired) electrons. The number of hydrogen-bond acceptors (Lipinski definition) is 8. The Balaban J connectivity index is 1.49. The number of carbonyl (C=O) groups excluding carboxylic acids is 2. The summed E-state index contributed by atoms with van der Waals surface area (Å²) in [5, 5.41) is 21.6. The zero-order valence-corrected chi connectivity index (χ0v) is 23.4. The standard InChI is InChI=1S/C28H24N4O7S2/c1-19(33)29-21-3-11-25(12-4-21)40(36,37)27-15-7-23(8-16-27)31-32(35)24-9-17-28(18-10-24)41(38,39)26-13-5-22(6-14-26)30-20(2)34/h3-18H,1-2H3,(H,29,33)(H,30,34). The summed E-state index contributed by atoms with van der Waals surface area (Å²) in [7, 11) is -7.73. The SMILES string of the molecule is CC(=O)Nc1ccc(S(=O)(=O)c2ccc(N=[N+]([O-])c3ccc(S(=O)(=O)c4ccc(NC(C)=O)cc4)cc3)cc2)cc1. The Morgan fingerprint density at radius 2 is 0.902 bits per heavy atom. The number of sulfone groups is 2. The van der Waals surface area contributed by atoms with Gasteiger partial charge in [0.25, 0.3) is 0 Å². The molecule has 4 aromatic rings. The molecule has 0 saturated heterocycles. The molecule has 41 heavy (non-hydrogen) atoms. The molecule has 0 atom stereocenters. The summed E-state index contributed by atoms with van der Waals surface area (Å²) in [6.45, 7) is 2.69. The van der Waals surface area contributed by atoms with Gasteiger partial charge in [-0.05, 0) is 84.9 Å². The van der Waals surface area contributed by atoms with Gasteiger partial charge in [-0.1, -0.05) is 4.86 Å². The van der Waals surface area contributed by atoms with Gasteiger partial charge in [0.15, 0.2) is 0 Å². The minimum absolute atomic E-state index is 0.0131. The molecule has 2 N–H and O–H groups in total.